The molecule has 4 atom stereocenters. The van der Waals surface area contributed by atoms with Crippen LogP contribution in [0.25, 0.3) is 0 Å². The molecule has 5 nitrogen and oxygen atoms in total. The molecule has 31 heavy (non-hydrogen) atoms. The van der Waals surface area contributed by atoms with Crippen molar-refractivity contribution in [3.8, 4) is 11.5 Å². The van der Waals surface area contributed by atoms with Crippen molar-refractivity contribution in [2.45, 2.75) is 29.6 Å². The van der Waals surface area contributed by atoms with Gasteiger partial charge < -0.3 is 25.4 Å². The second kappa shape index (κ2) is 7.53. The minimum atomic E-state index is -1.64. The first-order valence-corrected chi connectivity index (χ1v) is 10.8. The highest BCUT2D eigenvalue weighted by atomic mass is 35.5. The van der Waals surface area contributed by atoms with Gasteiger partial charge in [0.25, 0.3) is 0 Å². The largest absolute Gasteiger partial charge is 0.492 e. The van der Waals surface area contributed by atoms with E-state index < -0.39 is 17.3 Å². The summed E-state index contributed by atoms with van der Waals surface area (Å²) < 4.78 is 12.3. The molecule has 3 aromatic carbocycles. The van der Waals surface area contributed by atoms with Crippen molar-refractivity contribution in [3.63, 3.8) is 0 Å². The molecule has 0 saturated heterocycles. The van der Waals surface area contributed by atoms with Crippen LogP contribution < -0.4 is 15.2 Å². The van der Waals surface area contributed by atoms with Crippen molar-refractivity contribution in [2.24, 2.45) is 5.73 Å². The van der Waals surface area contributed by atoms with Crippen LogP contribution in [0, 0.1) is 0 Å². The zero-order valence-corrected chi connectivity index (χ0v) is 17.6. The number of aliphatic hydroxyl groups is 2. The van der Waals surface area contributed by atoms with Crippen molar-refractivity contribution in [3.05, 3.63) is 94.5 Å². The summed E-state index contributed by atoms with van der Waals surface area (Å²) >= 11 is 6.15. The lowest BCUT2D eigenvalue weighted by Crippen LogP contribution is -2.51. The molecule has 3 aromatic rings. The number of hydrogen-bond acceptors (Lipinski definition) is 5. The van der Waals surface area contributed by atoms with Gasteiger partial charge in [-0.05, 0) is 41.8 Å². The fourth-order valence-corrected chi connectivity index (χ4v) is 5.30. The van der Waals surface area contributed by atoms with E-state index in [0.29, 0.717) is 41.7 Å². The van der Waals surface area contributed by atoms with E-state index in [2.05, 4.69) is 0 Å². The van der Waals surface area contributed by atoms with E-state index in [1.54, 1.807) is 30.3 Å². The summed E-state index contributed by atoms with van der Waals surface area (Å²) in [5, 5.41) is 24.0. The van der Waals surface area contributed by atoms with Crippen molar-refractivity contribution < 1.29 is 19.7 Å². The number of halogens is 1. The summed E-state index contributed by atoms with van der Waals surface area (Å²) in [4.78, 5) is 0. The lowest BCUT2D eigenvalue weighted by Gasteiger charge is -2.40. The summed E-state index contributed by atoms with van der Waals surface area (Å²) in [6.45, 7) is 0.770. The van der Waals surface area contributed by atoms with Gasteiger partial charge in [0.1, 0.15) is 18.1 Å². The van der Waals surface area contributed by atoms with Crippen molar-refractivity contribution in [1.29, 1.82) is 0 Å². The predicted octanol–water partition coefficient (Wildman–Crippen LogP) is 3.70. The van der Waals surface area contributed by atoms with E-state index in [0.717, 1.165) is 11.1 Å². The summed E-state index contributed by atoms with van der Waals surface area (Å²) in [5.74, 6) is 0.812. The van der Waals surface area contributed by atoms with Gasteiger partial charge in [-0.3, -0.25) is 0 Å². The highest BCUT2D eigenvalue weighted by molar-refractivity contribution is 6.30. The Balaban J connectivity index is 1.71. The second-order valence-electron chi connectivity index (χ2n) is 8.12. The van der Waals surface area contributed by atoms with Gasteiger partial charge in [0, 0.05) is 29.1 Å². The second-order valence-corrected chi connectivity index (χ2v) is 8.56. The van der Waals surface area contributed by atoms with Crippen LogP contribution in [0.1, 0.15) is 29.0 Å². The molecule has 0 spiro atoms. The average Bonchev–Trinajstić information content (AvgIpc) is 3.18. The zero-order chi connectivity index (χ0) is 21.6. The van der Waals surface area contributed by atoms with Crippen LogP contribution in [0.5, 0.6) is 11.5 Å². The molecular weight excluding hydrogens is 414 g/mol. The van der Waals surface area contributed by atoms with E-state index in [1.807, 2.05) is 42.5 Å². The maximum absolute atomic E-state index is 12.2. The first-order valence-electron chi connectivity index (χ1n) is 10.4. The maximum atomic E-state index is 12.2. The molecule has 0 radical (unpaired) electrons. The summed E-state index contributed by atoms with van der Waals surface area (Å²) in [5.41, 5.74) is 4.99. The molecule has 1 aliphatic heterocycles. The smallest absolute Gasteiger partial charge is 0.176 e. The molecule has 0 amide bonds. The molecule has 1 saturated carbocycles. The van der Waals surface area contributed by atoms with Gasteiger partial charge in [-0.15, -0.1) is 0 Å². The Morgan fingerprint density at radius 1 is 1.06 bits per heavy atom. The van der Waals surface area contributed by atoms with Gasteiger partial charge in [-0.1, -0.05) is 54.1 Å². The zero-order valence-electron chi connectivity index (χ0n) is 16.9. The maximum Gasteiger partial charge on any atom is 0.176 e. The van der Waals surface area contributed by atoms with Crippen LogP contribution in [0.2, 0.25) is 5.02 Å². The normalized spacial score (nSPS) is 28.6. The fraction of sp³-hybridized carbons (Fsp3) is 0.280. The monoisotopic (exact) mass is 437 g/mol. The van der Waals surface area contributed by atoms with Crippen molar-refractivity contribution in [1.82, 2.24) is 0 Å². The molecule has 4 N–H and O–H groups in total. The quantitative estimate of drug-likeness (QED) is 0.566. The van der Waals surface area contributed by atoms with Crippen LogP contribution in [0.3, 0.4) is 0 Å². The minimum Gasteiger partial charge on any atom is -0.492 e. The third-order valence-electron chi connectivity index (χ3n) is 6.49. The molecular formula is C25H24ClNO4. The van der Waals surface area contributed by atoms with Gasteiger partial charge in [0.2, 0.25) is 0 Å². The third-order valence-corrected chi connectivity index (χ3v) is 6.75. The van der Waals surface area contributed by atoms with Gasteiger partial charge in [0.15, 0.2) is 11.2 Å². The van der Waals surface area contributed by atoms with E-state index in [9.17, 15) is 10.2 Å². The number of nitrogens with two attached hydrogens (primary N) is 1. The lowest BCUT2D eigenvalue weighted by molar-refractivity contribution is -0.149. The number of hydrogen-bond donors (Lipinski definition) is 3. The van der Waals surface area contributed by atoms with Crippen LogP contribution in [0.4, 0.5) is 0 Å². The van der Waals surface area contributed by atoms with Crippen LogP contribution in [-0.4, -0.2) is 29.5 Å². The topological polar surface area (TPSA) is 84.9 Å². The minimum absolute atomic E-state index is 0.282. The summed E-state index contributed by atoms with van der Waals surface area (Å²) in [7, 11) is 0. The molecule has 2 aliphatic rings. The Bertz CT molecular complexity index is 1090. The fourth-order valence-electron chi connectivity index (χ4n) is 5.18. The first-order chi connectivity index (χ1) is 15.0. The molecule has 1 heterocycles. The average molecular weight is 438 g/mol. The SMILES string of the molecule is NCCOc1ccc2c(c1)O[C@@]1(c3ccc(Cl)cc3)[C@H](c3ccccc3)C[C@H](O)[C@@]21O. The molecule has 6 heteroatoms. The molecule has 160 valence electrons. The number of aliphatic hydroxyl groups excluding tert-OH is 1. The lowest BCUT2D eigenvalue weighted by atomic mass is 9.71. The Morgan fingerprint density at radius 2 is 1.81 bits per heavy atom. The Hall–Kier alpha value is -2.57. The van der Waals surface area contributed by atoms with Gasteiger partial charge >= 0.3 is 0 Å². The van der Waals surface area contributed by atoms with Crippen LogP contribution >= 0.6 is 11.6 Å². The number of ether oxygens (including phenoxy) is 2. The summed E-state index contributed by atoms with van der Waals surface area (Å²) in [6, 6.07) is 22.4. The van der Waals surface area contributed by atoms with Crippen LogP contribution in [0.15, 0.2) is 72.8 Å². The van der Waals surface area contributed by atoms with Crippen molar-refractivity contribution >= 4 is 11.6 Å². The number of fused-ring (bicyclic) bond motifs is 3. The highest BCUT2D eigenvalue weighted by Crippen LogP contribution is 2.66. The highest BCUT2D eigenvalue weighted by Gasteiger charge is 2.72. The third kappa shape index (κ3) is 2.88. The van der Waals surface area contributed by atoms with Crippen molar-refractivity contribution in [2.75, 3.05) is 13.2 Å². The predicted molar refractivity (Wildman–Crippen MR) is 118 cm³/mol. The standard InChI is InChI=1S/C25H24ClNO4/c26-18-8-6-17(7-9-18)25-21(16-4-2-1-3-5-16)15-23(28)24(25,29)20-11-10-19(30-13-12-27)14-22(20)31-25/h1-11,14,21,23,28-29H,12-13,15,27H2/t21-,23-,24-,25-/m0/s1. The Kier molecular flexibility index (Phi) is 4.94. The van der Waals surface area contributed by atoms with E-state index in [-0.39, 0.29) is 5.92 Å². The van der Waals surface area contributed by atoms with Crippen LogP contribution in [-0.2, 0) is 11.2 Å². The molecule has 1 fully saturated rings. The summed E-state index contributed by atoms with van der Waals surface area (Å²) in [6.07, 6.45) is -0.668. The number of benzene rings is 3. The van der Waals surface area contributed by atoms with E-state index in [1.165, 1.54) is 0 Å². The Morgan fingerprint density at radius 3 is 2.52 bits per heavy atom. The molecule has 0 aromatic heterocycles. The van der Waals surface area contributed by atoms with Gasteiger partial charge in [0.05, 0.1) is 6.10 Å². The number of rotatable bonds is 5. The molecule has 0 unspecified atom stereocenters. The Labute approximate surface area is 186 Å². The van der Waals surface area contributed by atoms with Gasteiger partial charge in [-0.2, -0.15) is 0 Å². The van der Waals surface area contributed by atoms with E-state index in [4.69, 9.17) is 26.8 Å². The molecule has 0 bridgehead atoms. The first kappa shape index (κ1) is 20.3. The van der Waals surface area contributed by atoms with Gasteiger partial charge in [-0.25, -0.2) is 0 Å². The molecule has 5 rings (SSSR count). The van der Waals surface area contributed by atoms with E-state index >= 15 is 0 Å². The molecule has 1 aliphatic carbocycles.